The number of aliphatic imine (C=N–C) groups is 1. The van der Waals surface area contributed by atoms with Crippen molar-refractivity contribution in [2.45, 2.75) is 39.9 Å². The van der Waals surface area contributed by atoms with Crippen molar-refractivity contribution in [3.63, 3.8) is 0 Å². The molecule has 2 N–H and O–H groups in total. The van der Waals surface area contributed by atoms with E-state index in [1.165, 1.54) is 5.56 Å². The molecule has 0 radical (unpaired) electrons. The molecule has 5 nitrogen and oxygen atoms in total. The summed E-state index contributed by atoms with van der Waals surface area (Å²) in [6.07, 6.45) is 0. The molecule has 1 unspecified atom stereocenters. The van der Waals surface area contributed by atoms with Gasteiger partial charge in [0.1, 0.15) is 0 Å². The quantitative estimate of drug-likeness (QED) is 0.317. The number of guanidine groups is 1. The first-order chi connectivity index (χ1) is 11.5. The highest BCUT2D eigenvalue weighted by Crippen LogP contribution is 2.07. The van der Waals surface area contributed by atoms with Crippen LogP contribution >= 0.6 is 24.0 Å². The lowest BCUT2D eigenvalue weighted by molar-refractivity contribution is 0.0310. The van der Waals surface area contributed by atoms with Gasteiger partial charge in [0.15, 0.2) is 5.96 Å². The summed E-state index contributed by atoms with van der Waals surface area (Å²) in [6.45, 7) is 11.9. The van der Waals surface area contributed by atoms with Gasteiger partial charge in [-0.25, -0.2) is 0 Å². The van der Waals surface area contributed by atoms with Crippen molar-refractivity contribution in [1.29, 1.82) is 0 Å². The lowest BCUT2D eigenvalue weighted by atomic mass is 10.1. The van der Waals surface area contributed by atoms with Gasteiger partial charge in [-0.05, 0) is 32.3 Å². The third-order valence-electron chi connectivity index (χ3n) is 3.65. The monoisotopic (exact) mass is 463 g/mol. The molecule has 144 valence electrons. The molecule has 6 heteroatoms. The summed E-state index contributed by atoms with van der Waals surface area (Å²) in [5.74, 6) is 1.21. The fourth-order valence-corrected chi connectivity index (χ4v) is 1.96. The molecular weight excluding hydrogens is 429 g/mol. The number of methoxy groups -OCH3 is 1. The zero-order chi connectivity index (χ0) is 17.8. The molecule has 0 aliphatic carbocycles. The SMILES string of the molecule is CCNC(=NCC(C)(C)OC)NCC(C)COCc1ccccc1.I. The van der Waals surface area contributed by atoms with E-state index < -0.39 is 0 Å². The van der Waals surface area contributed by atoms with Crippen molar-refractivity contribution < 1.29 is 9.47 Å². The standard InChI is InChI=1S/C19H33N3O2.HI/c1-6-20-18(22-15-19(3,4)23-5)21-12-16(2)13-24-14-17-10-8-7-9-11-17;/h7-11,16H,6,12-15H2,1-5H3,(H2,20,21,22);1H. The number of hydrogen-bond donors (Lipinski definition) is 2. The highest BCUT2D eigenvalue weighted by Gasteiger charge is 2.15. The Morgan fingerprint density at radius 1 is 1.20 bits per heavy atom. The number of nitrogens with zero attached hydrogens (tertiary/aromatic N) is 1. The summed E-state index contributed by atoms with van der Waals surface area (Å²) in [4.78, 5) is 4.58. The molecular formula is C19H34IN3O2. The lowest BCUT2D eigenvalue weighted by Crippen LogP contribution is -2.41. The third-order valence-corrected chi connectivity index (χ3v) is 3.65. The van der Waals surface area contributed by atoms with Gasteiger partial charge in [-0.15, -0.1) is 24.0 Å². The smallest absolute Gasteiger partial charge is 0.191 e. The minimum absolute atomic E-state index is 0. The Hall–Kier alpha value is -0.860. The number of rotatable bonds is 10. The predicted octanol–water partition coefficient (Wildman–Crippen LogP) is 3.44. The average molecular weight is 463 g/mol. The van der Waals surface area contributed by atoms with Crippen LogP contribution in [0, 0.1) is 5.92 Å². The van der Waals surface area contributed by atoms with Crippen molar-refractivity contribution in [1.82, 2.24) is 10.6 Å². The lowest BCUT2D eigenvalue weighted by Gasteiger charge is -2.22. The van der Waals surface area contributed by atoms with Gasteiger partial charge in [0, 0.05) is 20.2 Å². The second kappa shape index (κ2) is 13.4. The summed E-state index contributed by atoms with van der Waals surface area (Å²) >= 11 is 0. The van der Waals surface area contributed by atoms with E-state index in [-0.39, 0.29) is 29.6 Å². The molecule has 0 fully saturated rings. The van der Waals surface area contributed by atoms with Gasteiger partial charge >= 0.3 is 0 Å². The fourth-order valence-electron chi connectivity index (χ4n) is 1.96. The van der Waals surface area contributed by atoms with Gasteiger partial charge < -0.3 is 20.1 Å². The van der Waals surface area contributed by atoms with Crippen molar-refractivity contribution in [3.05, 3.63) is 35.9 Å². The van der Waals surface area contributed by atoms with Gasteiger partial charge in [-0.3, -0.25) is 4.99 Å². The van der Waals surface area contributed by atoms with Gasteiger partial charge in [-0.2, -0.15) is 0 Å². The van der Waals surface area contributed by atoms with E-state index in [0.717, 1.165) is 19.0 Å². The number of nitrogens with one attached hydrogen (secondary N) is 2. The van der Waals surface area contributed by atoms with Gasteiger partial charge in [-0.1, -0.05) is 37.3 Å². The molecule has 1 aromatic carbocycles. The van der Waals surface area contributed by atoms with Gasteiger partial charge in [0.25, 0.3) is 0 Å². The Kier molecular flexibility index (Phi) is 12.9. The van der Waals surface area contributed by atoms with Crippen LogP contribution in [0.25, 0.3) is 0 Å². The minimum atomic E-state index is -0.257. The molecule has 0 saturated heterocycles. The predicted molar refractivity (Wildman–Crippen MR) is 116 cm³/mol. The summed E-state index contributed by atoms with van der Waals surface area (Å²) in [5.41, 5.74) is 0.946. The average Bonchev–Trinajstić information content (AvgIpc) is 2.58. The molecule has 0 spiro atoms. The summed E-state index contributed by atoms with van der Waals surface area (Å²) in [5, 5.41) is 6.63. The molecule has 0 heterocycles. The normalized spacial score (nSPS) is 13.1. The molecule has 1 atom stereocenters. The van der Waals surface area contributed by atoms with E-state index in [1.807, 2.05) is 32.0 Å². The molecule has 0 aromatic heterocycles. The Bertz CT molecular complexity index is 481. The van der Waals surface area contributed by atoms with Crippen molar-refractivity contribution in [3.8, 4) is 0 Å². The second-order valence-corrected chi connectivity index (χ2v) is 6.65. The Balaban J connectivity index is 0.00000576. The zero-order valence-corrected chi connectivity index (χ0v) is 18.5. The van der Waals surface area contributed by atoms with E-state index in [2.05, 4.69) is 41.6 Å². The van der Waals surface area contributed by atoms with Crippen LogP contribution in [0.4, 0.5) is 0 Å². The highest BCUT2D eigenvalue weighted by molar-refractivity contribution is 14.0. The number of benzene rings is 1. The van der Waals surface area contributed by atoms with Gasteiger partial charge in [0.2, 0.25) is 0 Å². The Labute approximate surface area is 170 Å². The summed E-state index contributed by atoms with van der Waals surface area (Å²) in [6, 6.07) is 10.2. The number of halogens is 1. The van der Waals surface area contributed by atoms with E-state index in [9.17, 15) is 0 Å². The molecule has 0 aliphatic rings. The fraction of sp³-hybridized carbons (Fsp3) is 0.632. The maximum absolute atomic E-state index is 5.79. The van der Waals surface area contributed by atoms with E-state index in [0.29, 0.717) is 25.7 Å². The maximum Gasteiger partial charge on any atom is 0.191 e. The van der Waals surface area contributed by atoms with Crippen LogP contribution < -0.4 is 10.6 Å². The van der Waals surface area contributed by atoms with Gasteiger partial charge in [0.05, 0.1) is 25.4 Å². The molecule has 0 bridgehead atoms. The van der Waals surface area contributed by atoms with Crippen LogP contribution in [0.2, 0.25) is 0 Å². The van der Waals surface area contributed by atoms with Crippen LogP contribution in [0.3, 0.4) is 0 Å². The Morgan fingerprint density at radius 2 is 1.88 bits per heavy atom. The van der Waals surface area contributed by atoms with Crippen LogP contribution in [0.1, 0.15) is 33.3 Å². The second-order valence-electron chi connectivity index (χ2n) is 6.65. The van der Waals surface area contributed by atoms with Crippen molar-refractivity contribution in [2.75, 3.05) is 33.4 Å². The van der Waals surface area contributed by atoms with E-state index in [1.54, 1.807) is 7.11 Å². The molecule has 1 rings (SSSR count). The first-order valence-corrected chi connectivity index (χ1v) is 8.66. The molecule has 0 saturated carbocycles. The molecule has 1 aromatic rings. The van der Waals surface area contributed by atoms with Crippen LogP contribution in [0.5, 0.6) is 0 Å². The first kappa shape index (κ1) is 24.1. The summed E-state index contributed by atoms with van der Waals surface area (Å²) in [7, 11) is 1.71. The molecule has 0 amide bonds. The van der Waals surface area contributed by atoms with Crippen LogP contribution in [-0.4, -0.2) is 44.9 Å². The largest absolute Gasteiger partial charge is 0.377 e. The highest BCUT2D eigenvalue weighted by atomic mass is 127. The van der Waals surface area contributed by atoms with Crippen LogP contribution in [-0.2, 0) is 16.1 Å². The maximum atomic E-state index is 5.79. The Morgan fingerprint density at radius 3 is 2.48 bits per heavy atom. The molecule has 25 heavy (non-hydrogen) atoms. The molecule has 0 aliphatic heterocycles. The van der Waals surface area contributed by atoms with Crippen molar-refractivity contribution >= 4 is 29.9 Å². The first-order valence-electron chi connectivity index (χ1n) is 8.66. The van der Waals surface area contributed by atoms with Crippen LogP contribution in [0.15, 0.2) is 35.3 Å². The van der Waals surface area contributed by atoms with E-state index in [4.69, 9.17) is 9.47 Å². The van der Waals surface area contributed by atoms with E-state index >= 15 is 0 Å². The topological polar surface area (TPSA) is 54.9 Å². The number of hydrogen-bond acceptors (Lipinski definition) is 3. The zero-order valence-electron chi connectivity index (χ0n) is 16.2. The van der Waals surface area contributed by atoms with Crippen molar-refractivity contribution in [2.24, 2.45) is 10.9 Å². The summed E-state index contributed by atoms with van der Waals surface area (Å²) < 4.78 is 11.2. The number of ether oxygens (including phenoxy) is 2. The minimum Gasteiger partial charge on any atom is -0.377 e. The third kappa shape index (κ3) is 11.4.